The lowest BCUT2D eigenvalue weighted by atomic mass is 10.0. The molecule has 1 unspecified atom stereocenters. The van der Waals surface area contributed by atoms with E-state index < -0.39 is 0 Å². The maximum absolute atomic E-state index is 11.7. The van der Waals surface area contributed by atoms with Gasteiger partial charge in [0.05, 0.1) is 12.4 Å². The number of H-pyrrole nitrogens is 1. The number of hydrogen-bond acceptors (Lipinski definition) is 4. The summed E-state index contributed by atoms with van der Waals surface area (Å²) in [5.74, 6) is 0.558. The summed E-state index contributed by atoms with van der Waals surface area (Å²) in [6.45, 7) is 2.56. The summed E-state index contributed by atoms with van der Waals surface area (Å²) in [5, 5.41) is 0.156. The van der Waals surface area contributed by atoms with E-state index in [0.717, 1.165) is 19.6 Å². The van der Waals surface area contributed by atoms with Crippen molar-refractivity contribution in [2.24, 2.45) is 0 Å². The summed E-state index contributed by atoms with van der Waals surface area (Å²) >= 11 is 6.15. The van der Waals surface area contributed by atoms with Crippen LogP contribution in [0.25, 0.3) is 0 Å². The number of likely N-dealkylation sites (N-methyl/N-ethyl adjacent to an activating group) is 1. The fourth-order valence-corrected chi connectivity index (χ4v) is 2.92. The first-order chi connectivity index (χ1) is 10.2. The lowest BCUT2D eigenvalue weighted by Gasteiger charge is -2.41. The first kappa shape index (κ1) is 14.1. The second-order valence-electron chi connectivity index (χ2n) is 5.25. The topological polar surface area (TPSA) is 52.2 Å². The second-order valence-corrected chi connectivity index (χ2v) is 5.63. The predicted octanol–water partition coefficient (Wildman–Crippen LogP) is 1.92. The van der Waals surface area contributed by atoms with Gasteiger partial charge in [-0.05, 0) is 12.6 Å². The van der Waals surface area contributed by atoms with Gasteiger partial charge in [-0.2, -0.15) is 0 Å². The monoisotopic (exact) mass is 304 g/mol. The van der Waals surface area contributed by atoms with Crippen molar-refractivity contribution in [1.29, 1.82) is 0 Å². The molecule has 0 saturated carbocycles. The molecule has 1 saturated heterocycles. The molecule has 2 heterocycles. The maximum atomic E-state index is 11.7. The smallest absolute Gasteiger partial charge is 0.271 e. The van der Waals surface area contributed by atoms with Crippen molar-refractivity contribution in [3.8, 4) is 0 Å². The van der Waals surface area contributed by atoms with Crippen LogP contribution in [-0.2, 0) is 0 Å². The summed E-state index contributed by atoms with van der Waals surface area (Å²) in [5.41, 5.74) is 0.898. The average Bonchev–Trinajstić information content (AvgIpc) is 2.51. The van der Waals surface area contributed by atoms with Gasteiger partial charge in [-0.1, -0.05) is 41.9 Å². The van der Waals surface area contributed by atoms with E-state index in [4.69, 9.17) is 11.6 Å². The number of hydrogen-bond donors (Lipinski definition) is 1. The van der Waals surface area contributed by atoms with Crippen molar-refractivity contribution in [3.63, 3.8) is 0 Å². The summed E-state index contributed by atoms with van der Waals surface area (Å²) in [4.78, 5) is 22.9. The van der Waals surface area contributed by atoms with Crippen molar-refractivity contribution in [3.05, 3.63) is 57.6 Å². The lowest BCUT2D eigenvalue weighted by molar-refractivity contribution is 0.268. The highest BCUT2D eigenvalue weighted by Crippen LogP contribution is 2.31. The van der Waals surface area contributed by atoms with Crippen LogP contribution in [-0.4, -0.2) is 41.5 Å². The average molecular weight is 305 g/mol. The van der Waals surface area contributed by atoms with Gasteiger partial charge in [-0.25, -0.2) is 4.98 Å². The summed E-state index contributed by atoms with van der Waals surface area (Å²) in [7, 11) is 2.10. The number of nitrogens with one attached hydrogen (secondary N) is 1. The Labute approximate surface area is 128 Å². The van der Waals surface area contributed by atoms with Crippen LogP contribution in [0.15, 0.2) is 41.5 Å². The van der Waals surface area contributed by atoms with Crippen LogP contribution >= 0.6 is 11.6 Å². The van der Waals surface area contributed by atoms with Crippen molar-refractivity contribution >= 4 is 17.4 Å². The van der Waals surface area contributed by atoms with E-state index in [-0.39, 0.29) is 16.6 Å². The van der Waals surface area contributed by atoms with Gasteiger partial charge in [0.25, 0.3) is 5.56 Å². The van der Waals surface area contributed by atoms with Gasteiger partial charge in [0.2, 0.25) is 0 Å². The van der Waals surface area contributed by atoms with E-state index in [1.54, 1.807) is 0 Å². The first-order valence-corrected chi connectivity index (χ1v) is 7.28. The van der Waals surface area contributed by atoms with Gasteiger partial charge in [-0.3, -0.25) is 4.79 Å². The minimum Gasteiger partial charge on any atom is -0.346 e. The molecular weight excluding hydrogens is 288 g/mol. The van der Waals surface area contributed by atoms with Crippen LogP contribution in [0.5, 0.6) is 0 Å². The molecule has 2 aromatic rings. The number of aromatic amines is 1. The molecule has 1 aliphatic heterocycles. The highest BCUT2D eigenvalue weighted by atomic mass is 35.5. The van der Waals surface area contributed by atoms with Crippen LogP contribution in [0.1, 0.15) is 11.6 Å². The molecule has 6 heteroatoms. The molecule has 1 N–H and O–H groups in total. The Morgan fingerprint density at radius 1 is 1.29 bits per heavy atom. The quantitative estimate of drug-likeness (QED) is 0.921. The lowest BCUT2D eigenvalue weighted by Crippen LogP contribution is -2.47. The molecule has 1 fully saturated rings. The fourth-order valence-electron chi connectivity index (χ4n) is 2.71. The Balaban J connectivity index is 2.02. The number of benzene rings is 1. The molecular formula is C15H17ClN4O. The van der Waals surface area contributed by atoms with Gasteiger partial charge in [-0.15, -0.1) is 0 Å². The zero-order valence-corrected chi connectivity index (χ0v) is 12.5. The largest absolute Gasteiger partial charge is 0.346 e. The summed E-state index contributed by atoms with van der Waals surface area (Å²) < 4.78 is 0. The molecule has 0 bridgehead atoms. The molecule has 3 rings (SSSR count). The van der Waals surface area contributed by atoms with Crippen LogP contribution < -0.4 is 10.5 Å². The van der Waals surface area contributed by atoms with E-state index in [9.17, 15) is 4.79 Å². The van der Waals surface area contributed by atoms with Crippen LogP contribution in [0.3, 0.4) is 0 Å². The Kier molecular flexibility index (Phi) is 3.94. The van der Waals surface area contributed by atoms with Crippen molar-refractivity contribution in [1.82, 2.24) is 14.9 Å². The number of piperazine rings is 1. The maximum Gasteiger partial charge on any atom is 0.271 e. The highest BCUT2D eigenvalue weighted by molar-refractivity contribution is 6.32. The standard InChI is InChI=1S/C15H17ClN4O/c1-19-7-8-20(14-13(16)15(21)18-10-17-14)12(9-19)11-5-3-2-4-6-11/h2-6,10,12H,7-9H2,1H3,(H,17,18,21). The van der Waals surface area contributed by atoms with E-state index in [0.29, 0.717) is 5.82 Å². The summed E-state index contributed by atoms with van der Waals surface area (Å²) in [6.07, 6.45) is 1.41. The molecule has 0 amide bonds. The van der Waals surface area contributed by atoms with Crippen molar-refractivity contribution in [2.75, 3.05) is 31.6 Å². The van der Waals surface area contributed by atoms with Gasteiger partial charge < -0.3 is 14.8 Å². The third kappa shape index (κ3) is 2.80. The third-order valence-electron chi connectivity index (χ3n) is 3.82. The van der Waals surface area contributed by atoms with Gasteiger partial charge in [0.15, 0.2) is 5.82 Å². The van der Waals surface area contributed by atoms with Crippen LogP contribution in [0.2, 0.25) is 5.02 Å². The molecule has 1 aliphatic rings. The number of halogens is 1. The molecule has 1 aromatic carbocycles. The molecule has 1 atom stereocenters. The number of anilines is 1. The Bertz CT molecular complexity index is 673. The van der Waals surface area contributed by atoms with Crippen LogP contribution in [0.4, 0.5) is 5.82 Å². The van der Waals surface area contributed by atoms with E-state index in [2.05, 4.69) is 38.9 Å². The van der Waals surface area contributed by atoms with Crippen molar-refractivity contribution < 1.29 is 0 Å². The highest BCUT2D eigenvalue weighted by Gasteiger charge is 2.29. The minimum atomic E-state index is -0.299. The molecule has 110 valence electrons. The number of aromatic nitrogens is 2. The summed E-state index contributed by atoms with van der Waals surface area (Å²) in [6, 6.07) is 10.4. The molecule has 0 radical (unpaired) electrons. The Hall–Kier alpha value is -1.85. The van der Waals surface area contributed by atoms with E-state index in [1.165, 1.54) is 11.9 Å². The van der Waals surface area contributed by atoms with E-state index >= 15 is 0 Å². The normalized spacial score (nSPS) is 19.7. The second kappa shape index (κ2) is 5.87. The van der Waals surface area contributed by atoms with E-state index in [1.807, 2.05) is 18.2 Å². The fraction of sp³-hybridized carbons (Fsp3) is 0.333. The van der Waals surface area contributed by atoms with Crippen LogP contribution in [0, 0.1) is 0 Å². The van der Waals surface area contributed by atoms with Gasteiger partial charge >= 0.3 is 0 Å². The molecule has 0 spiro atoms. The molecule has 5 nitrogen and oxygen atoms in total. The predicted molar refractivity (Wildman–Crippen MR) is 83.9 cm³/mol. The van der Waals surface area contributed by atoms with Gasteiger partial charge in [0.1, 0.15) is 5.02 Å². The molecule has 1 aromatic heterocycles. The SMILES string of the molecule is CN1CCN(c2nc[nH]c(=O)c2Cl)C(c2ccccc2)C1. The van der Waals surface area contributed by atoms with Crippen molar-refractivity contribution in [2.45, 2.75) is 6.04 Å². The molecule has 21 heavy (non-hydrogen) atoms. The Morgan fingerprint density at radius 3 is 2.81 bits per heavy atom. The molecule has 0 aliphatic carbocycles. The zero-order chi connectivity index (χ0) is 14.8. The third-order valence-corrected chi connectivity index (χ3v) is 4.16. The number of rotatable bonds is 2. The Morgan fingerprint density at radius 2 is 2.05 bits per heavy atom. The number of nitrogens with zero attached hydrogens (tertiary/aromatic N) is 3. The minimum absolute atomic E-state index is 0.136. The van der Waals surface area contributed by atoms with Gasteiger partial charge in [0, 0.05) is 19.6 Å². The first-order valence-electron chi connectivity index (χ1n) is 6.90. The zero-order valence-electron chi connectivity index (χ0n) is 11.8.